The number of alkyl halides is 6. The lowest BCUT2D eigenvalue weighted by molar-refractivity contribution is 0.163. The third kappa shape index (κ3) is 5.56. The van der Waals surface area contributed by atoms with Crippen molar-refractivity contribution in [2.24, 2.45) is 5.73 Å². The highest BCUT2D eigenvalue weighted by molar-refractivity contribution is 6.45. The van der Waals surface area contributed by atoms with Gasteiger partial charge < -0.3 is 10.5 Å². The second-order valence-electron chi connectivity index (χ2n) is 3.42. The van der Waals surface area contributed by atoms with E-state index >= 15 is 0 Å². The van der Waals surface area contributed by atoms with Crippen molar-refractivity contribution in [3.05, 3.63) is 0 Å². The summed E-state index contributed by atoms with van der Waals surface area (Å²) in [6, 6.07) is 0. The molecule has 1 aliphatic rings. The Balaban J connectivity index is 0.000000411. The van der Waals surface area contributed by atoms with E-state index in [-0.39, 0.29) is 0 Å². The Hall–Kier alpha value is 1.01. The van der Waals surface area contributed by atoms with Crippen molar-refractivity contribution in [2.45, 2.75) is 39.2 Å². The van der Waals surface area contributed by atoms with Gasteiger partial charge in [-0.15, -0.1) is 69.6 Å². The minimum Gasteiger partial charge on any atom is -0.450 e. The first-order chi connectivity index (χ1) is 8.23. The van der Waals surface area contributed by atoms with Crippen molar-refractivity contribution < 1.29 is 9.53 Å². The van der Waals surface area contributed by atoms with Gasteiger partial charge in [-0.3, -0.25) is 0 Å². The molecule has 2 N–H and O–H groups in total. The van der Waals surface area contributed by atoms with E-state index in [0.29, 0.717) is 6.61 Å². The van der Waals surface area contributed by atoms with E-state index in [2.05, 4.69) is 10.5 Å². The highest BCUT2D eigenvalue weighted by atomic mass is 35.5. The highest BCUT2D eigenvalue weighted by Crippen LogP contribution is 2.39. The Morgan fingerprint density at radius 1 is 0.889 bits per heavy atom. The van der Waals surface area contributed by atoms with E-state index in [1.54, 1.807) is 6.92 Å². The zero-order valence-electron chi connectivity index (χ0n) is 9.33. The van der Waals surface area contributed by atoms with E-state index in [0.717, 1.165) is 0 Å². The maximum Gasteiger partial charge on any atom is 0.404 e. The van der Waals surface area contributed by atoms with Gasteiger partial charge in [-0.1, -0.05) is 0 Å². The predicted octanol–water partition coefficient (Wildman–Crippen LogP) is 3.75. The molecular weight excluding hydrogens is 367 g/mol. The van der Waals surface area contributed by atoms with Gasteiger partial charge in [-0.2, -0.15) is 0 Å². The van der Waals surface area contributed by atoms with E-state index in [9.17, 15) is 4.79 Å². The molecule has 0 aromatic carbocycles. The van der Waals surface area contributed by atoms with Crippen LogP contribution in [0.2, 0.25) is 0 Å². The van der Waals surface area contributed by atoms with Crippen LogP contribution in [-0.2, 0) is 4.74 Å². The lowest BCUT2D eigenvalue weighted by Crippen LogP contribution is -2.52. The summed E-state index contributed by atoms with van der Waals surface area (Å²) < 4.78 is 4.18. The van der Waals surface area contributed by atoms with Crippen LogP contribution in [0.25, 0.3) is 0 Å². The quantitative estimate of drug-likeness (QED) is 0.705. The van der Waals surface area contributed by atoms with Crippen LogP contribution in [0.1, 0.15) is 6.92 Å². The molecule has 0 heterocycles. The van der Waals surface area contributed by atoms with Crippen LogP contribution in [0.3, 0.4) is 0 Å². The molecule has 0 radical (unpaired) electrons. The van der Waals surface area contributed by atoms with E-state index in [1.165, 1.54) is 0 Å². The lowest BCUT2D eigenvalue weighted by Gasteiger charge is -2.37. The largest absolute Gasteiger partial charge is 0.450 e. The van der Waals surface area contributed by atoms with Crippen molar-refractivity contribution in [3.63, 3.8) is 0 Å². The topological polar surface area (TPSA) is 52.3 Å². The zero-order chi connectivity index (χ0) is 14.5. The first kappa shape index (κ1) is 19.0. The first-order valence-electron chi connectivity index (χ1n) is 5.00. The monoisotopic (exact) mass is 377 g/mol. The van der Waals surface area contributed by atoms with Gasteiger partial charge in [0.25, 0.3) is 0 Å². The molecule has 0 spiro atoms. The van der Waals surface area contributed by atoms with Gasteiger partial charge in [-0.05, 0) is 6.92 Å². The molecule has 0 aliphatic heterocycles. The molecule has 18 heavy (non-hydrogen) atoms. The molecule has 0 unspecified atom stereocenters. The van der Waals surface area contributed by atoms with Gasteiger partial charge in [0.1, 0.15) is 0 Å². The number of amides is 1. The molecule has 1 amide bonds. The van der Waals surface area contributed by atoms with Gasteiger partial charge in [0.2, 0.25) is 0 Å². The number of carbonyl (C=O) groups excluding carboxylic acids is 1. The van der Waals surface area contributed by atoms with Crippen LogP contribution in [0.15, 0.2) is 0 Å². The average Bonchev–Trinajstić information content (AvgIpc) is 2.32. The van der Waals surface area contributed by atoms with Gasteiger partial charge in [0.05, 0.1) is 38.9 Å². The summed E-state index contributed by atoms with van der Waals surface area (Å²) in [5, 5.41) is -2.62. The number of hydrogen-bond acceptors (Lipinski definition) is 2. The number of primary amides is 1. The molecule has 9 heteroatoms. The van der Waals surface area contributed by atoms with Crippen molar-refractivity contribution in [1.29, 1.82) is 0 Å². The number of nitrogens with two attached hydrogens (primary N) is 1. The number of hydrogen-bond donors (Lipinski definition) is 1. The first-order valence-corrected chi connectivity index (χ1v) is 7.62. The summed E-state index contributed by atoms with van der Waals surface area (Å²) in [7, 11) is 0. The third-order valence-electron chi connectivity index (χ3n) is 2.11. The smallest absolute Gasteiger partial charge is 0.404 e. The maximum absolute atomic E-state index is 9.60. The van der Waals surface area contributed by atoms with Crippen molar-refractivity contribution in [3.8, 4) is 0 Å². The van der Waals surface area contributed by atoms with Gasteiger partial charge in [0.15, 0.2) is 0 Å². The molecule has 1 rings (SSSR count). The molecule has 3 nitrogen and oxygen atoms in total. The molecular formula is C9H13Cl6NO2. The van der Waals surface area contributed by atoms with E-state index in [1.807, 2.05) is 0 Å². The zero-order valence-corrected chi connectivity index (χ0v) is 13.9. The summed E-state index contributed by atoms with van der Waals surface area (Å²) in [5.41, 5.74) is 4.54. The second kappa shape index (κ2) is 9.04. The summed E-state index contributed by atoms with van der Waals surface area (Å²) in [6.45, 7) is 2.06. The van der Waals surface area contributed by atoms with Crippen LogP contribution < -0.4 is 5.73 Å². The molecule has 1 aliphatic carbocycles. The SMILES string of the molecule is CCOC(N)=O.ClC1C(Cl)C(Cl)C(Cl)C(Cl)C1Cl. The minimum absolute atomic E-state index is 0.356. The molecule has 0 atom stereocenters. The van der Waals surface area contributed by atoms with E-state index < -0.39 is 38.4 Å². The summed E-state index contributed by atoms with van der Waals surface area (Å²) in [6.07, 6.45) is -0.711. The highest BCUT2D eigenvalue weighted by Gasteiger charge is 2.46. The summed E-state index contributed by atoms with van der Waals surface area (Å²) >= 11 is 35.3. The predicted molar refractivity (Wildman–Crippen MR) is 79.1 cm³/mol. The maximum atomic E-state index is 9.60. The Labute approximate surface area is 136 Å². The minimum atomic E-state index is -0.711. The van der Waals surface area contributed by atoms with Gasteiger partial charge in [0, 0.05) is 0 Å². The Bertz CT molecular complexity index is 211. The molecule has 0 bridgehead atoms. The van der Waals surface area contributed by atoms with Gasteiger partial charge >= 0.3 is 6.09 Å². The van der Waals surface area contributed by atoms with Gasteiger partial charge in [-0.25, -0.2) is 4.79 Å². The molecule has 0 saturated heterocycles. The third-order valence-corrected chi connectivity index (χ3v) is 6.14. The fraction of sp³-hybridized carbons (Fsp3) is 0.889. The van der Waals surface area contributed by atoms with Crippen LogP contribution in [0.4, 0.5) is 4.79 Å². The van der Waals surface area contributed by atoms with E-state index in [4.69, 9.17) is 69.6 Å². The van der Waals surface area contributed by atoms with Crippen molar-refractivity contribution >= 4 is 75.7 Å². The van der Waals surface area contributed by atoms with Crippen molar-refractivity contribution in [2.75, 3.05) is 6.61 Å². The van der Waals surface area contributed by atoms with Crippen LogP contribution >= 0.6 is 69.6 Å². The molecule has 108 valence electrons. The standard InChI is InChI=1S/C6H6Cl6.C3H7NO2/c7-1-2(8)4(10)6(12)5(11)3(1)9;1-2-6-3(4)5/h1-6H;2H2,1H3,(H2,4,5). The Morgan fingerprint density at radius 3 is 1.17 bits per heavy atom. The number of ether oxygens (including phenoxy) is 1. The normalized spacial score (nSPS) is 39.5. The number of rotatable bonds is 1. The van der Waals surface area contributed by atoms with Crippen LogP contribution in [0.5, 0.6) is 0 Å². The summed E-state index contributed by atoms with van der Waals surface area (Å²) in [4.78, 5) is 9.60. The Kier molecular flexibility index (Phi) is 9.55. The lowest BCUT2D eigenvalue weighted by atomic mass is 9.97. The molecule has 1 fully saturated rings. The number of halogens is 6. The fourth-order valence-electron chi connectivity index (χ4n) is 1.20. The average molecular weight is 380 g/mol. The Morgan fingerprint density at radius 2 is 1.11 bits per heavy atom. The summed E-state index contributed by atoms with van der Waals surface area (Å²) in [5.74, 6) is 0. The fourth-order valence-corrected chi connectivity index (χ4v) is 3.52. The van der Waals surface area contributed by atoms with Crippen LogP contribution in [-0.4, -0.2) is 45.0 Å². The van der Waals surface area contributed by atoms with Crippen molar-refractivity contribution in [1.82, 2.24) is 0 Å². The second-order valence-corrected chi connectivity index (χ2v) is 6.44. The van der Waals surface area contributed by atoms with Crippen LogP contribution in [0, 0.1) is 0 Å². The molecule has 0 aromatic rings. The molecule has 1 saturated carbocycles. The number of carbonyl (C=O) groups is 1. The molecule has 0 aromatic heterocycles.